The first-order chi connectivity index (χ1) is 7.93. The first-order valence-electron chi connectivity index (χ1n) is 5.65. The lowest BCUT2D eigenvalue weighted by atomic mass is 9.96. The predicted octanol–water partition coefficient (Wildman–Crippen LogP) is 3.00. The van der Waals surface area contributed by atoms with Gasteiger partial charge in [0, 0.05) is 10.5 Å². The van der Waals surface area contributed by atoms with Crippen LogP contribution in [0.5, 0.6) is 0 Å². The number of benzene rings is 1. The van der Waals surface area contributed by atoms with Gasteiger partial charge in [0.25, 0.3) is 0 Å². The van der Waals surface area contributed by atoms with E-state index in [1.54, 1.807) is 6.07 Å². The number of rotatable bonds is 2. The van der Waals surface area contributed by atoms with Crippen LogP contribution in [0.15, 0.2) is 10.5 Å². The molecule has 1 unspecified atom stereocenters. The zero-order valence-electron chi connectivity index (χ0n) is 10.2. The molecule has 0 heterocycles. The van der Waals surface area contributed by atoms with Crippen LogP contribution in [0.2, 0.25) is 0 Å². The smallest absolute Gasteiger partial charge is 0.336 e. The van der Waals surface area contributed by atoms with Crippen molar-refractivity contribution in [3.63, 3.8) is 0 Å². The fourth-order valence-electron chi connectivity index (χ4n) is 2.69. The third kappa shape index (κ3) is 2.00. The maximum atomic E-state index is 11.2. The number of carboxylic acid groups (broad SMARTS) is 1. The number of hydrogen-bond donors (Lipinski definition) is 1. The summed E-state index contributed by atoms with van der Waals surface area (Å²) in [5.74, 6) is -0.851. The lowest BCUT2D eigenvalue weighted by molar-refractivity contribution is 0.0695. The molecule has 0 saturated heterocycles. The highest BCUT2D eigenvalue weighted by atomic mass is 79.9. The summed E-state index contributed by atoms with van der Waals surface area (Å²) in [6.45, 7) is 1.91. The lowest BCUT2D eigenvalue weighted by Crippen LogP contribution is -2.19. The summed E-state index contributed by atoms with van der Waals surface area (Å²) in [5.41, 5.74) is 3.78. The number of carbonyl (C=O) groups is 1. The van der Waals surface area contributed by atoms with Crippen molar-refractivity contribution in [1.82, 2.24) is 4.90 Å². The first kappa shape index (κ1) is 12.6. The van der Waals surface area contributed by atoms with Gasteiger partial charge in [-0.15, -0.1) is 0 Å². The van der Waals surface area contributed by atoms with Crippen LogP contribution >= 0.6 is 15.9 Å². The van der Waals surface area contributed by atoms with Crippen molar-refractivity contribution in [2.45, 2.75) is 25.8 Å². The van der Waals surface area contributed by atoms with Crippen LogP contribution in [0.1, 0.15) is 39.5 Å². The van der Waals surface area contributed by atoms with E-state index in [9.17, 15) is 9.90 Å². The molecule has 0 aliphatic heterocycles. The SMILES string of the molecule is Cc1c(C(=O)O)cc(Br)c2c1C(N(C)C)CC2. The number of nitrogens with zero attached hydrogens (tertiary/aromatic N) is 1. The molecule has 0 spiro atoms. The molecule has 0 radical (unpaired) electrons. The summed E-state index contributed by atoms with van der Waals surface area (Å²) in [4.78, 5) is 13.4. The maximum Gasteiger partial charge on any atom is 0.336 e. The van der Waals surface area contributed by atoms with Gasteiger partial charge in [0.1, 0.15) is 0 Å². The van der Waals surface area contributed by atoms with Gasteiger partial charge in [-0.05, 0) is 56.6 Å². The summed E-state index contributed by atoms with van der Waals surface area (Å²) < 4.78 is 0.930. The fourth-order valence-corrected chi connectivity index (χ4v) is 3.33. The summed E-state index contributed by atoms with van der Waals surface area (Å²) in [5, 5.41) is 9.21. The van der Waals surface area contributed by atoms with Crippen molar-refractivity contribution >= 4 is 21.9 Å². The molecule has 92 valence electrons. The molecule has 1 aliphatic rings. The minimum absolute atomic E-state index is 0.334. The Morgan fingerprint density at radius 3 is 2.71 bits per heavy atom. The lowest BCUT2D eigenvalue weighted by Gasteiger charge is -2.22. The average Bonchev–Trinajstić information content (AvgIpc) is 2.67. The van der Waals surface area contributed by atoms with Crippen LogP contribution in [0.4, 0.5) is 0 Å². The highest BCUT2D eigenvalue weighted by Gasteiger charge is 2.30. The number of halogens is 1. The Labute approximate surface area is 110 Å². The highest BCUT2D eigenvalue weighted by Crippen LogP contribution is 2.41. The topological polar surface area (TPSA) is 40.5 Å². The van der Waals surface area contributed by atoms with Crippen LogP contribution in [0.25, 0.3) is 0 Å². The second kappa shape index (κ2) is 4.42. The molecule has 0 saturated carbocycles. The molecule has 1 aliphatic carbocycles. The molecule has 2 rings (SSSR count). The Morgan fingerprint density at radius 2 is 2.18 bits per heavy atom. The summed E-state index contributed by atoms with van der Waals surface area (Å²) in [6.07, 6.45) is 2.07. The molecule has 0 bridgehead atoms. The van der Waals surface area contributed by atoms with E-state index in [2.05, 4.69) is 20.8 Å². The number of aromatic carboxylic acids is 1. The Kier molecular flexibility index (Phi) is 3.27. The van der Waals surface area contributed by atoms with Gasteiger partial charge in [-0.2, -0.15) is 0 Å². The molecule has 0 fully saturated rings. The van der Waals surface area contributed by atoms with Gasteiger partial charge in [-0.1, -0.05) is 15.9 Å². The molecule has 1 aromatic carbocycles. The Morgan fingerprint density at radius 1 is 1.53 bits per heavy atom. The molecular weight excluding hydrogens is 282 g/mol. The van der Waals surface area contributed by atoms with Gasteiger partial charge in [0.2, 0.25) is 0 Å². The zero-order valence-corrected chi connectivity index (χ0v) is 11.8. The fraction of sp³-hybridized carbons (Fsp3) is 0.462. The number of fused-ring (bicyclic) bond motifs is 1. The molecule has 0 amide bonds. The van der Waals surface area contributed by atoms with Crippen molar-refractivity contribution in [1.29, 1.82) is 0 Å². The van der Waals surface area contributed by atoms with Gasteiger partial charge >= 0.3 is 5.97 Å². The number of hydrogen-bond acceptors (Lipinski definition) is 2. The Balaban J connectivity index is 2.65. The predicted molar refractivity (Wildman–Crippen MR) is 70.6 cm³/mol. The van der Waals surface area contributed by atoms with Gasteiger partial charge in [-0.3, -0.25) is 0 Å². The van der Waals surface area contributed by atoms with E-state index in [0.29, 0.717) is 11.6 Å². The van der Waals surface area contributed by atoms with Crippen LogP contribution in [-0.2, 0) is 6.42 Å². The molecule has 17 heavy (non-hydrogen) atoms. The standard InChI is InChI=1S/C13H16BrNO2/c1-7-9(13(16)17)6-10(14)8-4-5-11(12(7)8)15(2)3/h6,11H,4-5H2,1-3H3,(H,16,17). The Bertz CT molecular complexity index is 483. The second-order valence-corrected chi connectivity index (χ2v) is 5.60. The monoisotopic (exact) mass is 297 g/mol. The second-order valence-electron chi connectivity index (χ2n) is 4.75. The van der Waals surface area contributed by atoms with Crippen LogP contribution in [0.3, 0.4) is 0 Å². The zero-order chi connectivity index (χ0) is 12.7. The van der Waals surface area contributed by atoms with Gasteiger partial charge in [0.15, 0.2) is 0 Å². The largest absolute Gasteiger partial charge is 0.478 e. The van der Waals surface area contributed by atoms with Gasteiger partial charge < -0.3 is 10.0 Å². The van der Waals surface area contributed by atoms with Crippen molar-refractivity contribution in [2.75, 3.05) is 14.1 Å². The molecule has 0 aromatic heterocycles. The molecule has 1 atom stereocenters. The quantitative estimate of drug-likeness (QED) is 0.912. The normalized spacial score (nSPS) is 18.5. The summed E-state index contributed by atoms with van der Waals surface area (Å²) in [7, 11) is 4.08. The summed E-state index contributed by atoms with van der Waals surface area (Å²) >= 11 is 3.50. The van der Waals surface area contributed by atoms with Crippen molar-refractivity contribution in [2.24, 2.45) is 0 Å². The van der Waals surface area contributed by atoms with E-state index < -0.39 is 5.97 Å². The maximum absolute atomic E-state index is 11.2. The van der Waals surface area contributed by atoms with Crippen molar-refractivity contribution in [3.8, 4) is 0 Å². The van der Waals surface area contributed by atoms with E-state index in [0.717, 1.165) is 22.9 Å². The first-order valence-corrected chi connectivity index (χ1v) is 6.44. The molecule has 4 heteroatoms. The van der Waals surface area contributed by atoms with Crippen LogP contribution < -0.4 is 0 Å². The molecular formula is C13H16BrNO2. The highest BCUT2D eigenvalue weighted by molar-refractivity contribution is 9.10. The van der Waals surface area contributed by atoms with Crippen molar-refractivity contribution in [3.05, 3.63) is 32.8 Å². The van der Waals surface area contributed by atoms with Gasteiger partial charge in [-0.25, -0.2) is 4.79 Å². The van der Waals surface area contributed by atoms with Crippen LogP contribution in [-0.4, -0.2) is 30.1 Å². The van der Waals surface area contributed by atoms with E-state index in [1.807, 2.05) is 21.0 Å². The van der Waals surface area contributed by atoms with E-state index in [1.165, 1.54) is 11.1 Å². The minimum Gasteiger partial charge on any atom is -0.478 e. The van der Waals surface area contributed by atoms with E-state index in [-0.39, 0.29) is 0 Å². The van der Waals surface area contributed by atoms with Crippen LogP contribution in [0, 0.1) is 6.92 Å². The third-order valence-corrected chi connectivity index (χ3v) is 4.25. The number of carboxylic acids is 1. The molecule has 1 N–H and O–H groups in total. The minimum atomic E-state index is -0.851. The Hall–Kier alpha value is -0.870. The van der Waals surface area contributed by atoms with E-state index >= 15 is 0 Å². The third-order valence-electron chi connectivity index (χ3n) is 3.55. The average molecular weight is 298 g/mol. The molecule has 3 nitrogen and oxygen atoms in total. The molecule has 1 aromatic rings. The summed E-state index contributed by atoms with van der Waals surface area (Å²) in [6, 6.07) is 2.06. The van der Waals surface area contributed by atoms with Gasteiger partial charge in [0.05, 0.1) is 5.56 Å². The van der Waals surface area contributed by atoms with E-state index in [4.69, 9.17) is 0 Å². The van der Waals surface area contributed by atoms with Crippen molar-refractivity contribution < 1.29 is 9.90 Å².